The third-order valence-electron chi connectivity index (χ3n) is 6.31. The summed E-state index contributed by atoms with van der Waals surface area (Å²) >= 11 is 0. The van der Waals surface area contributed by atoms with Crippen LogP contribution in [0.4, 0.5) is 15.8 Å². The van der Waals surface area contributed by atoms with Crippen molar-refractivity contribution in [2.24, 2.45) is 10.3 Å². The molecule has 0 spiro atoms. The number of nitrogens with zero attached hydrogens (tertiary/aromatic N) is 1. The second kappa shape index (κ2) is 8.87. The van der Waals surface area contributed by atoms with Gasteiger partial charge in [-0.1, -0.05) is 30.7 Å². The van der Waals surface area contributed by atoms with Crippen molar-refractivity contribution in [1.29, 1.82) is 0 Å². The van der Waals surface area contributed by atoms with E-state index in [1.807, 2.05) is 13.8 Å². The molecule has 0 bridgehead atoms. The number of ketones is 1. The number of benzene rings is 2. The van der Waals surface area contributed by atoms with Crippen LogP contribution in [0.25, 0.3) is 5.76 Å². The quantitative estimate of drug-likeness (QED) is 0.336. The summed E-state index contributed by atoms with van der Waals surface area (Å²) in [5, 5.41) is 14.0. The summed E-state index contributed by atoms with van der Waals surface area (Å²) in [5.74, 6) is -1.59. The monoisotopic (exact) mass is 537 g/mol. The van der Waals surface area contributed by atoms with Crippen molar-refractivity contribution >= 4 is 49.6 Å². The lowest BCUT2D eigenvalue weighted by Gasteiger charge is -2.39. The van der Waals surface area contributed by atoms with E-state index in [1.165, 1.54) is 30.3 Å². The molecular weight excluding hydrogens is 509 g/mol. The third kappa shape index (κ3) is 4.73. The Kier molecular flexibility index (Phi) is 6.44. The molecule has 2 aliphatic rings. The Morgan fingerprint density at radius 3 is 2.53 bits per heavy atom. The summed E-state index contributed by atoms with van der Waals surface area (Å²) in [6.07, 6.45) is 2.06. The molecule has 194 valence electrons. The van der Waals surface area contributed by atoms with E-state index < -0.39 is 43.6 Å². The number of fused-ring (bicyclic) bond motifs is 2. The number of amidine groups is 1. The molecule has 36 heavy (non-hydrogen) atoms. The highest BCUT2D eigenvalue weighted by Gasteiger charge is 2.46. The van der Waals surface area contributed by atoms with Gasteiger partial charge in [0.05, 0.1) is 23.0 Å². The Labute approximate surface area is 210 Å². The smallest absolute Gasteiger partial charge is 0.229 e. The van der Waals surface area contributed by atoms with Crippen molar-refractivity contribution < 1.29 is 31.8 Å². The fraction of sp³-hybridized carbons (Fsp3) is 0.333. The lowest BCUT2D eigenvalue weighted by molar-refractivity contribution is -0.120. The van der Waals surface area contributed by atoms with Crippen LogP contribution in [0.5, 0.6) is 0 Å². The van der Waals surface area contributed by atoms with E-state index in [-0.39, 0.29) is 39.2 Å². The highest BCUT2D eigenvalue weighted by atomic mass is 32.3. The minimum Gasteiger partial charge on any atom is -0.506 e. The van der Waals surface area contributed by atoms with Crippen LogP contribution >= 0.6 is 10.8 Å². The minimum atomic E-state index is -3.89. The highest BCUT2D eigenvalue weighted by Crippen LogP contribution is 2.57. The van der Waals surface area contributed by atoms with Gasteiger partial charge in [0.15, 0.2) is 11.6 Å². The number of nitrogens with one attached hydrogen (secondary N) is 2. The van der Waals surface area contributed by atoms with E-state index >= 15 is 0 Å². The first-order valence-electron chi connectivity index (χ1n) is 11.2. The number of Topliss-reactive ketones (excluding diaryl/α,β-unsaturated/α-hetero) is 1. The molecule has 0 unspecified atom stereocenters. The van der Waals surface area contributed by atoms with Crippen LogP contribution in [0.2, 0.25) is 0 Å². The first kappa shape index (κ1) is 26.1. The normalized spacial score (nSPS) is 21.9. The number of hydrogen-bond acceptors (Lipinski definition) is 8. The molecule has 1 atom stereocenters. The van der Waals surface area contributed by atoms with Crippen molar-refractivity contribution in [2.45, 2.75) is 43.9 Å². The Morgan fingerprint density at radius 2 is 1.89 bits per heavy atom. The van der Waals surface area contributed by atoms with Crippen molar-refractivity contribution in [3.05, 3.63) is 58.9 Å². The summed E-state index contributed by atoms with van der Waals surface area (Å²) in [4.78, 5) is 13.8. The average Bonchev–Trinajstić information content (AvgIpc) is 2.75. The van der Waals surface area contributed by atoms with Crippen LogP contribution in [-0.2, 0) is 20.2 Å². The zero-order chi connectivity index (χ0) is 26.6. The van der Waals surface area contributed by atoms with Gasteiger partial charge < -0.3 is 10.4 Å². The molecule has 2 aromatic rings. The summed E-state index contributed by atoms with van der Waals surface area (Å²) in [7, 11) is -7.51. The molecule has 9 nitrogen and oxygen atoms in total. The van der Waals surface area contributed by atoms with Gasteiger partial charge in [0.25, 0.3) is 0 Å². The molecule has 0 saturated heterocycles. The molecule has 5 N–H and O–H groups in total. The first-order chi connectivity index (χ1) is 16.6. The second-order valence-corrected chi connectivity index (χ2v) is 13.1. The van der Waals surface area contributed by atoms with Crippen LogP contribution in [-0.4, -0.2) is 40.5 Å². The maximum atomic E-state index is 14.2. The van der Waals surface area contributed by atoms with Crippen molar-refractivity contribution in [1.82, 2.24) is 0 Å². The van der Waals surface area contributed by atoms with Gasteiger partial charge in [0.1, 0.15) is 22.0 Å². The average molecular weight is 538 g/mol. The maximum absolute atomic E-state index is 14.2. The number of halogens is 1. The summed E-state index contributed by atoms with van der Waals surface area (Å²) in [6.45, 7) is 5.75. The Bertz CT molecular complexity index is 1440. The molecule has 0 fully saturated rings. The Morgan fingerprint density at radius 1 is 1.19 bits per heavy atom. The zero-order valence-corrected chi connectivity index (χ0v) is 21.8. The van der Waals surface area contributed by atoms with Crippen molar-refractivity contribution in [2.75, 3.05) is 16.3 Å². The molecule has 0 amide bonds. The van der Waals surface area contributed by atoms with Crippen molar-refractivity contribution in [3.63, 3.8) is 0 Å². The molecule has 1 aliphatic carbocycles. The first-order valence-corrected chi connectivity index (χ1v) is 14.6. The van der Waals surface area contributed by atoms with E-state index in [1.54, 1.807) is 6.92 Å². The molecule has 0 saturated carbocycles. The number of carbonyl (C=O) groups is 1. The van der Waals surface area contributed by atoms with Crippen LogP contribution < -0.4 is 10.0 Å². The summed E-state index contributed by atoms with van der Waals surface area (Å²) in [5.41, 5.74) is -0.514. The van der Waals surface area contributed by atoms with Gasteiger partial charge in [0, 0.05) is 5.56 Å². The number of sulfonamides is 1. The lowest BCUT2D eigenvalue weighted by atomic mass is 9.66. The van der Waals surface area contributed by atoms with Gasteiger partial charge in [0.2, 0.25) is 10.0 Å². The number of rotatable bonds is 6. The van der Waals surface area contributed by atoms with Gasteiger partial charge in [-0.05, 0) is 61.6 Å². The van der Waals surface area contributed by atoms with Crippen molar-refractivity contribution in [3.8, 4) is 0 Å². The number of anilines is 2. The van der Waals surface area contributed by atoms with E-state index in [0.717, 1.165) is 12.3 Å². The fourth-order valence-electron chi connectivity index (χ4n) is 4.44. The molecule has 12 heteroatoms. The van der Waals surface area contributed by atoms with E-state index in [2.05, 4.69) is 14.4 Å². The molecule has 1 heterocycles. The van der Waals surface area contributed by atoms with E-state index in [9.17, 15) is 31.8 Å². The number of carbonyl (C=O) groups excluding carboxylic acids is 1. The van der Waals surface area contributed by atoms with E-state index in [4.69, 9.17) is 0 Å². The largest absolute Gasteiger partial charge is 0.506 e. The minimum absolute atomic E-state index is 0.0859. The molecule has 4 rings (SSSR count). The van der Waals surface area contributed by atoms with Crippen LogP contribution in [0.15, 0.2) is 51.3 Å². The topological polar surface area (TPSA) is 148 Å². The Balaban J connectivity index is 1.85. The predicted octanol–water partition coefficient (Wildman–Crippen LogP) is 5.29. The molecule has 1 aliphatic heterocycles. The third-order valence-corrected chi connectivity index (χ3v) is 8.28. The van der Waals surface area contributed by atoms with Gasteiger partial charge in [-0.2, -0.15) is 0 Å². The number of aliphatic hydroxyl groups excluding tert-OH is 1. The molecular formula is C24H28FN3O6S2. The number of aliphatic hydroxyl groups is 1. The summed E-state index contributed by atoms with van der Waals surface area (Å²) in [6, 6.07) is 7.91. The van der Waals surface area contributed by atoms with Gasteiger partial charge in [-0.15, -0.1) is 4.40 Å². The second-order valence-electron chi connectivity index (χ2n) is 9.68. The standard InChI is InChI=1S/C24H28FN3O6S2/c1-13(2)9-10-24(3)17-7-5-14(25)11-16(17)21(29)20(22(24)30)23-26-18-8-6-15(27-35(4,31)32)12-19(18)36(33,34)28-23/h5-8,11-13,27,29,33-34H,9-10H2,1-4H3,(H,26,28)/t24-/m0/s1. The van der Waals surface area contributed by atoms with Crippen LogP contribution in [0.3, 0.4) is 0 Å². The molecule has 0 aromatic heterocycles. The Hall–Kier alpha value is -2.93. The van der Waals surface area contributed by atoms with E-state index in [0.29, 0.717) is 18.4 Å². The fourth-order valence-corrected chi connectivity index (χ4v) is 6.19. The van der Waals surface area contributed by atoms with Gasteiger partial charge in [-0.3, -0.25) is 18.6 Å². The van der Waals surface area contributed by atoms with Gasteiger partial charge >= 0.3 is 0 Å². The van der Waals surface area contributed by atoms with Gasteiger partial charge in [-0.25, -0.2) is 12.8 Å². The predicted molar refractivity (Wildman–Crippen MR) is 139 cm³/mol. The maximum Gasteiger partial charge on any atom is 0.229 e. The van der Waals surface area contributed by atoms with Crippen LogP contribution in [0, 0.1) is 11.7 Å². The lowest BCUT2D eigenvalue weighted by Crippen LogP contribution is -2.42. The summed E-state index contributed by atoms with van der Waals surface area (Å²) < 4.78 is 65.2. The molecule has 2 aromatic carbocycles. The number of hydrogen-bond donors (Lipinski definition) is 5. The SMILES string of the molecule is CC(C)CC[C@]1(C)C(=O)C(C2=NS(O)(O)c3cc(NS(C)(=O)=O)ccc3N2)=C(O)c2cc(F)ccc21. The molecule has 0 radical (unpaired) electrons. The zero-order valence-electron chi connectivity index (χ0n) is 20.2. The highest BCUT2D eigenvalue weighted by molar-refractivity contribution is 8.23. The van der Waals surface area contributed by atoms with Crippen LogP contribution in [0.1, 0.15) is 44.7 Å².